The molecule has 0 radical (unpaired) electrons. The first-order valence-corrected chi connectivity index (χ1v) is 10.3. The first-order valence-electron chi connectivity index (χ1n) is 10.3. The highest BCUT2D eigenvalue weighted by Crippen LogP contribution is 2.35. The minimum absolute atomic E-state index is 0.00950. The maximum Gasteiger partial charge on any atom is 0.337 e. The zero-order valence-corrected chi connectivity index (χ0v) is 17.4. The van der Waals surface area contributed by atoms with E-state index in [-0.39, 0.29) is 28.6 Å². The predicted molar refractivity (Wildman–Crippen MR) is 115 cm³/mol. The lowest BCUT2D eigenvalue weighted by Gasteiger charge is -2.19. The number of carbonyl (C=O) groups is 2. The van der Waals surface area contributed by atoms with Crippen molar-refractivity contribution in [2.75, 3.05) is 5.32 Å². The van der Waals surface area contributed by atoms with Crippen LogP contribution in [0.15, 0.2) is 53.1 Å². The summed E-state index contributed by atoms with van der Waals surface area (Å²) in [5, 5.41) is 24.7. The number of hydrogen-bond donors (Lipinski definition) is 2. The van der Waals surface area contributed by atoms with E-state index in [1.165, 1.54) is 24.3 Å². The number of rotatable bonds is 6. The zero-order chi connectivity index (χ0) is 22.7. The van der Waals surface area contributed by atoms with Crippen molar-refractivity contribution in [2.24, 2.45) is 5.92 Å². The van der Waals surface area contributed by atoms with Crippen LogP contribution in [0, 0.1) is 17.2 Å². The van der Waals surface area contributed by atoms with Gasteiger partial charge in [0.2, 0.25) is 0 Å². The number of aromatic carboxylic acids is 1. The van der Waals surface area contributed by atoms with Crippen molar-refractivity contribution < 1.29 is 24.0 Å². The monoisotopic (exact) mass is 431 g/mol. The molecule has 8 heteroatoms. The molecule has 1 aliphatic carbocycles. The zero-order valence-electron chi connectivity index (χ0n) is 17.4. The number of para-hydroxylation sites is 1. The topological polar surface area (TPSA) is 125 Å². The second-order valence-electron chi connectivity index (χ2n) is 7.77. The Balaban J connectivity index is 1.56. The average molecular weight is 431 g/mol. The quantitative estimate of drug-likeness (QED) is 0.578. The van der Waals surface area contributed by atoms with Gasteiger partial charge in [0.15, 0.2) is 11.5 Å². The Bertz CT molecular complexity index is 1210. The van der Waals surface area contributed by atoms with Crippen molar-refractivity contribution in [1.82, 2.24) is 5.16 Å². The summed E-state index contributed by atoms with van der Waals surface area (Å²) < 4.78 is 11.6. The Hall–Kier alpha value is -4.12. The number of carboxylic acid groups (broad SMARTS) is 1. The summed E-state index contributed by atoms with van der Waals surface area (Å²) in [5.74, 6) is -0.389. The van der Waals surface area contributed by atoms with Gasteiger partial charge in [-0.2, -0.15) is 5.26 Å². The van der Waals surface area contributed by atoms with Crippen molar-refractivity contribution in [1.29, 1.82) is 5.26 Å². The van der Waals surface area contributed by atoms with Gasteiger partial charge in [0.25, 0.3) is 5.91 Å². The molecule has 2 atom stereocenters. The van der Waals surface area contributed by atoms with Crippen molar-refractivity contribution in [3.8, 4) is 23.1 Å². The lowest BCUT2D eigenvalue weighted by molar-refractivity contribution is 0.0698. The molecular formula is C24H21N3O5. The van der Waals surface area contributed by atoms with Crippen LogP contribution in [0.2, 0.25) is 0 Å². The fourth-order valence-corrected chi connectivity index (χ4v) is 3.82. The highest BCUT2D eigenvalue weighted by atomic mass is 16.5. The Morgan fingerprint density at radius 3 is 2.75 bits per heavy atom. The van der Waals surface area contributed by atoms with Gasteiger partial charge in [-0.1, -0.05) is 24.2 Å². The number of carboxylic acids is 1. The largest absolute Gasteiger partial charge is 0.489 e. The van der Waals surface area contributed by atoms with Crippen LogP contribution in [0.1, 0.15) is 52.6 Å². The van der Waals surface area contributed by atoms with Crippen LogP contribution in [-0.2, 0) is 0 Å². The van der Waals surface area contributed by atoms with Crippen LogP contribution in [-0.4, -0.2) is 28.2 Å². The van der Waals surface area contributed by atoms with E-state index >= 15 is 0 Å². The molecule has 162 valence electrons. The van der Waals surface area contributed by atoms with Crippen molar-refractivity contribution in [3.63, 3.8) is 0 Å². The number of carbonyl (C=O) groups excluding carboxylic acids is 1. The fraction of sp³-hybridized carbons (Fsp3) is 0.250. The summed E-state index contributed by atoms with van der Waals surface area (Å²) in [7, 11) is 0. The van der Waals surface area contributed by atoms with Crippen molar-refractivity contribution >= 4 is 17.6 Å². The van der Waals surface area contributed by atoms with Gasteiger partial charge in [-0.25, -0.2) is 4.79 Å². The van der Waals surface area contributed by atoms with Crippen LogP contribution in [0.25, 0.3) is 11.3 Å². The summed E-state index contributed by atoms with van der Waals surface area (Å²) >= 11 is 0. The Morgan fingerprint density at radius 1 is 1.22 bits per heavy atom. The molecule has 0 saturated heterocycles. The average Bonchev–Trinajstić information content (AvgIpc) is 3.44. The molecule has 1 aliphatic rings. The number of ether oxygens (including phenoxy) is 1. The summed E-state index contributed by atoms with van der Waals surface area (Å²) in [6.07, 6.45) is 3.39. The maximum absolute atomic E-state index is 12.7. The molecule has 2 aromatic carbocycles. The van der Waals surface area contributed by atoms with Crippen LogP contribution >= 0.6 is 0 Å². The van der Waals surface area contributed by atoms with E-state index in [0.717, 1.165) is 19.3 Å². The molecule has 0 bridgehead atoms. The van der Waals surface area contributed by atoms with Gasteiger partial charge in [0, 0.05) is 6.07 Å². The van der Waals surface area contributed by atoms with Crippen molar-refractivity contribution in [2.45, 2.75) is 32.3 Å². The van der Waals surface area contributed by atoms with Crippen LogP contribution in [0.3, 0.4) is 0 Å². The van der Waals surface area contributed by atoms with E-state index < -0.39 is 11.9 Å². The number of amides is 1. The molecule has 1 heterocycles. The van der Waals surface area contributed by atoms with Crippen LogP contribution < -0.4 is 10.1 Å². The number of aromatic nitrogens is 1. The van der Waals surface area contributed by atoms with E-state index in [1.807, 2.05) is 30.3 Å². The number of anilines is 1. The number of benzene rings is 2. The molecule has 2 N–H and O–H groups in total. The van der Waals surface area contributed by atoms with Gasteiger partial charge >= 0.3 is 5.97 Å². The molecule has 0 spiro atoms. The summed E-state index contributed by atoms with van der Waals surface area (Å²) in [6, 6.07) is 14.8. The second kappa shape index (κ2) is 8.94. The SMILES string of the molecule is C[C@@H]1CCC[C@@H]1Oc1ccccc1-c1cc(C(=O)Nc2ccc(C#N)cc2C(=O)O)no1. The lowest BCUT2D eigenvalue weighted by atomic mass is 10.1. The molecule has 3 aromatic rings. The highest BCUT2D eigenvalue weighted by molar-refractivity contribution is 6.07. The molecular weight excluding hydrogens is 410 g/mol. The molecule has 1 fully saturated rings. The standard InChI is InChI=1S/C24H21N3O5/c1-14-5-4-8-20(14)31-21-7-3-2-6-16(21)22-12-19(27-32-22)23(28)26-18-10-9-15(13-25)11-17(18)24(29)30/h2-3,6-7,9-12,14,20H,4-5,8H2,1H3,(H,26,28)(H,29,30)/t14-,20+/m1/s1. The van der Waals surface area contributed by atoms with Gasteiger partial charge < -0.3 is 19.7 Å². The minimum Gasteiger partial charge on any atom is -0.489 e. The van der Waals surface area contributed by atoms with E-state index in [2.05, 4.69) is 17.4 Å². The third kappa shape index (κ3) is 4.32. The van der Waals surface area contributed by atoms with Gasteiger partial charge in [0.05, 0.1) is 28.4 Å². The minimum atomic E-state index is -1.26. The molecule has 4 rings (SSSR count). The van der Waals surface area contributed by atoms with E-state index in [4.69, 9.17) is 14.5 Å². The maximum atomic E-state index is 12.7. The van der Waals surface area contributed by atoms with Crippen LogP contribution in [0.5, 0.6) is 5.75 Å². The van der Waals surface area contributed by atoms with E-state index in [1.54, 1.807) is 0 Å². The molecule has 32 heavy (non-hydrogen) atoms. The predicted octanol–water partition coefficient (Wildman–Crippen LogP) is 4.73. The highest BCUT2D eigenvalue weighted by Gasteiger charge is 2.26. The number of nitrogens with one attached hydrogen (secondary N) is 1. The first-order chi connectivity index (χ1) is 15.5. The van der Waals surface area contributed by atoms with Gasteiger partial charge in [-0.15, -0.1) is 0 Å². The molecule has 0 unspecified atom stereocenters. The fourth-order valence-electron chi connectivity index (χ4n) is 3.82. The molecule has 1 saturated carbocycles. The summed E-state index contributed by atoms with van der Waals surface area (Å²) in [5.41, 5.74) is 0.723. The third-order valence-electron chi connectivity index (χ3n) is 5.58. The van der Waals surface area contributed by atoms with Crippen LogP contribution in [0.4, 0.5) is 5.69 Å². The molecule has 1 aromatic heterocycles. The summed E-state index contributed by atoms with van der Waals surface area (Å²) in [6.45, 7) is 2.17. The third-order valence-corrected chi connectivity index (χ3v) is 5.58. The number of nitriles is 1. The Labute approximate surface area is 184 Å². The van der Waals surface area contributed by atoms with Gasteiger partial charge in [-0.05, 0) is 55.5 Å². The Kier molecular flexibility index (Phi) is 5.90. The van der Waals surface area contributed by atoms with E-state index in [9.17, 15) is 14.7 Å². The van der Waals surface area contributed by atoms with Crippen molar-refractivity contribution in [3.05, 3.63) is 65.4 Å². The molecule has 8 nitrogen and oxygen atoms in total. The lowest BCUT2D eigenvalue weighted by Crippen LogP contribution is -2.19. The molecule has 1 amide bonds. The van der Waals surface area contributed by atoms with E-state index in [0.29, 0.717) is 23.0 Å². The number of hydrogen-bond acceptors (Lipinski definition) is 6. The summed E-state index contributed by atoms with van der Waals surface area (Å²) in [4.78, 5) is 24.2. The molecule has 0 aliphatic heterocycles. The second-order valence-corrected chi connectivity index (χ2v) is 7.77. The Morgan fingerprint density at radius 2 is 2.03 bits per heavy atom. The smallest absolute Gasteiger partial charge is 0.337 e. The number of nitrogens with zero attached hydrogens (tertiary/aromatic N) is 2. The van der Waals surface area contributed by atoms with Gasteiger partial charge in [0.1, 0.15) is 11.9 Å². The normalized spacial score (nSPS) is 17.5. The first kappa shape index (κ1) is 21.1. The van der Waals surface area contributed by atoms with Gasteiger partial charge in [-0.3, -0.25) is 4.79 Å².